The highest BCUT2D eigenvalue weighted by Crippen LogP contribution is 2.31. The predicted molar refractivity (Wildman–Crippen MR) is 224 cm³/mol. The van der Waals surface area contributed by atoms with Gasteiger partial charge in [0, 0.05) is 19.3 Å². The number of hydrogen-bond acceptors (Lipinski definition) is 10. The first-order valence-electron chi connectivity index (χ1n) is 22.8. The Morgan fingerprint density at radius 3 is 1.25 bits per heavy atom. The second-order valence-electron chi connectivity index (χ2n) is 16.2. The maximum absolute atomic E-state index is 13.5. The van der Waals surface area contributed by atoms with Crippen LogP contribution in [-0.2, 0) is 19.2 Å². The second-order valence-corrected chi connectivity index (χ2v) is 16.2. The average molecular weight is 797 g/mol. The molecule has 0 spiro atoms. The molecule has 328 valence electrons. The van der Waals surface area contributed by atoms with Crippen molar-refractivity contribution in [3.05, 3.63) is 12.2 Å². The lowest BCUT2D eigenvalue weighted by atomic mass is 9.71. The summed E-state index contributed by atoms with van der Waals surface area (Å²) in [6, 6.07) is 0. The summed E-state index contributed by atoms with van der Waals surface area (Å²) in [5.41, 5.74) is -6.52. The molecule has 6 N–H and O–H groups in total. The lowest BCUT2D eigenvalue weighted by molar-refractivity contribution is -0.192. The Labute approximate surface area is 340 Å². The maximum Gasteiger partial charge on any atom is 0.223 e. The van der Waals surface area contributed by atoms with Crippen molar-refractivity contribution in [1.29, 1.82) is 0 Å². The van der Waals surface area contributed by atoms with Crippen LogP contribution < -0.4 is 0 Å². The first kappa shape index (κ1) is 54.2. The second kappa shape index (κ2) is 35.2. The molecule has 4 unspecified atom stereocenters. The lowest BCUT2D eigenvalue weighted by Gasteiger charge is -2.38. The van der Waals surface area contributed by atoms with E-state index in [1.807, 2.05) is 0 Å². The molecule has 10 heteroatoms. The summed E-state index contributed by atoms with van der Waals surface area (Å²) in [5.74, 6) is -4.73. The zero-order valence-corrected chi connectivity index (χ0v) is 35.7. The topological polar surface area (TPSA) is 190 Å². The molecule has 0 heterocycles. The smallest absolute Gasteiger partial charge is 0.223 e. The van der Waals surface area contributed by atoms with E-state index in [0.29, 0.717) is 19.3 Å². The molecular weight excluding hydrogens is 712 g/mol. The minimum Gasteiger partial charge on any atom is -0.394 e. The molecule has 0 aromatic rings. The number of carbonyl (C=O) groups excluding carboxylic acids is 4. The molecule has 0 rings (SSSR count). The van der Waals surface area contributed by atoms with Gasteiger partial charge in [0.2, 0.25) is 5.60 Å². The molecule has 0 aromatic carbocycles. The van der Waals surface area contributed by atoms with E-state index in [1.165, 1.54) is 122 Å². The van der Waals surface area contributed by atoms with Crippen LogP contribution in [0.3, 0.4) is 0 Å². The molecule has 0 aromatic heterocycles. The van der Waals surface area contributed by atoms with E-state index < -0.39 is 72.6 Å². The predicted octanol–water partition coefficient (Wildman–Crippen LogP) is 8.51. The van der Waals surface area contributed by atoms with Crippen LogP contribution in [0, 0.1) is 0 Å². The van der Waals surface area contributed by atoms with E-state index in [-0.39, 0.29) is 6.42 Å². The fourth-order valence-corrected chi connectivity index (χ4v) is 7.31. The number of aliphatic hydroxyl groups is 6. The molecule has 0 amide bonds. The van der Waals surface area contributed by atoms with Crippen LogP contribution in [0.1, 0.15) is 219 Å². The minimum atomic E-state index is -3.37. The van der Waals surface area contributed by atoms with Crippen LogP contribution in [0.2, 0.25) is 0 Å². The molecule has 0 bridgehead atoms. The van der Waals surface area contributed by atoms with Crippen LogP contribution in [0.25, 0.3) is 0 Å². The Morgan fingerprint density at radius 2 is 0.875 bits per heavy atom. The first-order chi connectivity index (χ1) is 27.0. The van der Waals surface area contributed by atoms with Crippen molar-refractivity contribution >= 4 is 23.1 Å². The van der Waals surface area contributed by atoms with Crippen molar-refractivity contribution in [2.75, 3.05) is 13.2 Å². The van der Waals surface area contributed by atoms with Gasteiger partial charge in [-0.25, -0.2) is 0 Å². The SMILES string of the molecule is CCCCCCCCCCCCCCCCC/C=C/C(=O)C(O)(C(=O)CCC(=O)C(O)C(O)CO)C(O)(CO)C(=O)CCCCCCCCCCCCCCC. The van der Waals surface area contributed by atoms with Gasteiger partial charge in [-0.05, 0) is 25.3 Å². The first-order valence-corrected chi connectivity index (χ1v) is 22.8. The van der Waals surface area contributed by atoms with Crippen LogP contribution >= 0.6 is 0 Å². The Balaban J connectivity index is 5.07. The summed E-state index contributed by atoms with van der Waals surface area (Å²) in [6.07, 6.45) is 29.3. The average Bonchev–Trinajstić information content (AvgIpc) is 3.20. The van der Waals surface area contributed by atoms with Gasteiger partial charge in [-0.2, -0.15) is 0 Å². The minimum absolute atomic E-state index is 0.277. The van der Waals surface area contributed by atoms with Crippen molar-refractivity contribution < 1.29 is 49.8 Å². The van der Waals surface area contributed by atoms with Crippen LogP contribution in [0.15, 0.2) is 12.2 Å². The van der Waals surface area contributed by atoms with Crippen LogP contribution in [0.5, 0.6) is 0 Å². The summed E-state index contributed by atoms with van der Waals surface area (Å²) in [5, 5.41) is 61.9. The van der Waals surface area contributed by atoms with Crippen molar-refractivity contribution in [3.63, 3.8) is 0 Å². The highest BCUT2D eigenvalue weighted by Gasteiger charge is 2.62. The molecule has 4 atom stereocenters. The van der Waals surface area contributed by atoms with E-state index in [4.69, 9.17) is 5.11 Å². The Bertz CT molecular complexity index is 1040. The van der Waals surface area contributed by atoms with Crippen molar-refractivity contribution in [2.45, 2.75) is 243 Å². The van der Waals surface area contributed by atoms with E-state index >= 15 is 0 Å². The summed E-state index contributed by atoms with van der Waals surface area (Å²) in [4.78, 5) is 52.7. The fourth-order valence-electron chi connectivity index (χ4n) is 7.31. The maximum atomic E-state index is 13.5. The normalized spacial score (nSPS) is 15.1. The van der Waals surface area contributed by atoms with Gasteiger partial charge < -0.3 is 30.6 Å². The lowest BCUT2D eigenvalue weighted by Crippen LogP contribution is -2.69. The molecule has 0 aliphatic heterocycles. The molecule has 0 aliphatic carbocycles. The summed E-state index contributed by atoms with van der Waals surface area (Å²) < 4.78 is 0. The summed E-state index contributed by atoms with van der Waals surface area (Å²) >= 11 is 0. The quantitative estimate of drug-likeness (QED) is 0.0198. The summed E-state index contributed by atoms with van der Waals surface area (Å²) in [6.45, 7) is 2.14. The molecule has 0 radical (unpaired) electrons. The van der Waals surface area contributed by atoms with Crippen molar-refractivity contribution in [3.8, 4) is 0 Å². The van der Waals surface area contributed by atoms with Crippen molar-refractivity contribution in [2.24, 2.45) is 0 Å². The molecule has 10 nitrogen and oxygen atoms in total. The Morgan fingerprint density at radius 1 is 0.500 bits per heavy atom. The van der Waals surface area contributed by atoms with Gasteiger partial charge in [0.15, 0.2) is 28.7 Å². The molecule has 0 aliphatic rings. The number of rotatable bonds is 42. The van der Waals surface area contributed by atoms with Crippen molar-refractivity contribution in [1.82, 2.24) is 0 Å². The van der Waals surface area contributed by atoms with Gasteiger partial charge in [-0.15, -0.1) is 0 Å². The number of allylic oxidation sites excluding steroid dienone is 1. The number of hydrogen-bond donors (Lipinski definition) is 6. The molecular formula is C46H84O10. The van der Waals surface area contributed by atoms with E-state index in [0.717, 1.165) is 57.4 Å². The Hall–Kier alpha value is -1.82. The van der Waals surface area contributed by atoms with Gasteiger partial charge >= 0.3 is 0 Å². The van der Waals surface area contributed by atoms with Crippen LogP contribution in [-0.4, -0.2) is 90.4 Å². The fraction of sp³-hybridized carbons (Fsp3) is 0.870. The van der Waals surface area contributed by atoms with E-state index in [1.54, 1.807) is 0 Å². The van der Waals surface area contributed by atoms with Gasteiger partial charge in [-0.1, -0.05) is 187 Å². The van der Waals surface area contributed by atoms with Gasteiger partial charge in [0.25, 0.3) is 0 Å². The van der Waals surface area contributed by atoms with Gasteiger partial charge in [-0.3, -0.25) is 19.2 Å². The van der Waals surface area contributed by atoms with Crippen LogP contribution in [0.4, 0.5) is 0 Å². The molecule has 0 fully saturated rings. The third kappa shape index (κ3) is 22.9. The van der Waals surface area contributed by atoms with Gasteiger partial charge in [0.05, 0.1) is 13.2 Å². The molecule has 0 saturated carbocycles. The van der Waals surface area contributed by atoms with Gasteiger partial charge in [0.1, 0.15) is 12.2 Å². The molecule has 0 saturated heterocycles. The summed E-state index contributed by atoms with van der Waals surface area (Å²) in [7, 11) is 0. The molecule has 56 heavy (non-hydrogen) atoms. The highest BCUT2D eigenvalue weighted by molar-refractivity contribution is 6.20. The zero-order valence-electron chi connectivity index (χ0n) is 35.7. The third-order valence-corrected chi connectivity index (χ3v) is 11.3. The monoisotopic (exact) mass is 797 g/mol. The zero-order chi connectivity index (χ0) is 41.9. The largest absolute Gasteiger partial charge is 0.394 e. The number of aliphatic hydroxyl groups excluding tert-OH is 4. The Kier molecular flexibility index (Phi) is 34.0. The number of Topliss-reactive ketones (excluding diaryl/α,β-unsaturated/α-hetero) is 3. The highest BCUT2D eigenvalue weighted by atomic mass is 16.4. The number of carbonyl (C=O) groups is 4. The van der Waals surface area contributed by atoms with E-state index in [2.05, 4.69) is 13.8 Å². The van der Waals surface area contributed by atoms with E-state index in [9.17, 15) is 44.7 Å². The number of ketones is 4. The number of unbranched alkanes of at least 4 members (excludes halogenated alkanes) is 27. The third-order valence-electron chi connectivity index (χ3n) is 11.3. The standard InChI is InChI=1S/C46H84O10/c1-3-5-7-9-11-13-15-17-18-19-20-22-24-26-28-30-32-34-42(52)46(56,43(53)36-35-39(49)44(54)40(50)37-47)45(55,38-48)41(51)33-31-29-27-25-23-21-16-14-12-10-8-6-4-2/h32,34,40,44,47-48,50,54-56H,3-31,33,35-38H2,1-2H3/b34-32+.